The molecule has 0 N–H and O–H groups in total. The lowest BCUT2D eigenvalue weighted by Crippen LogP contribution is -2.41. The minimum absolute atomic E-state index is 0.392. The van der Waals surface area contributed by atoms with Gasteiger partial charge in [0, 0.05) is 16.3 Å². The van der Waals surface area contributed by atoms with Crippen LogP contribution in [0.4, 0.5) is 0 Å². The zero-order valence-electron chi connectivity index (χ0n) is 24.5. The van der Waals surface area contributed by atoms with Crippen LogP contribution in [0.3, 0.4) is 0 Å². The van der Waals surface area contributed by atoms with E-state index in [1.165, 1.54) is 44.5 Å². The van der Waals surface area contributed by atoms with E-state index in [-0.39, 0.29) is 0 Å². The van der Waals surface area contributed by atoms with Crippen molar-refractivity contribution in [3.8, 4) is 22.3 Å². The van der Waals surface area contributed by atoms with Crippen molar-refractivity contribution in [2.45, 2.75) is 51.7 Å². The van der Waals surface area contributed by atoms with E-state index in [1.54, 1.807) is 0 Å². The minimum atomic E-state index is -0.418. The number of hydrogen-bond donors (Lipinski definition) is 0. The summed E-state index contributed by atoms with van der Waals surface area (Å²) >= 11 is 0. The average molecular weight is 548 g/mol. The molecule has 0 amide bonds. The fraction of sp³-hybridized carbons (Fsp3) is 0.211. The van der Waals surface area contributed by atoms with Gasteiger partial charge in [-0.1, -0.05) is 97.1 Å². The highest BCUT2D eigenvalue weighted by atomic mass is 16.7. The molecule has 1 fully saturated rings. The van der Waals surface area contributed by atoms with Gasteiger partial charge in [-0.25, -0.2) is 0 Å². The third kappa shape index (κ3) is 3.90. The fourth-order valence-electron chi connectivity index (χ4n) is 6.67. The minimum Gasteiger partial charge on any atom is -0.455 e. The van der Waals surface area contributed by atoms with Crippen molar-refractivity contribution in [3.05, 3.63) is 125 Å². The number of benzene rings is 5. The first-order valence-electron chi connectivity index (χ1n) is 14.9. The largest absolute Gasteiger partial charge is 0.494 e. The second kappa shape index (κ2) is 9.19. The molecule has 1 aromatic heterocycles. The summed E-state index contributed by atoms with van der Waals surface area (Å²) in [6.07, 6.45) is 1.67. The van der Waals surface area contributed by atoms with Crippen LogP contribution in [0.15, 0.2) is 108 Å². The van der Waals surface area contributed by atoms with Crippen LogP contribution in [0.1, 0.15) is 49.9 Å². The van der Waals surface area contributed by atoms with Crippen molar-refractivity contribution in [2.24, 2.45) is 0 Å². The molecule has 1 aliphatic carbocycles. The molecule has 0 radical (unpaired) electrons. The quantitative estimate of drug-likeness (QED) is 0.192. The highest BCUT2D eigenvalue weighted by Crippen LogP contribution is 2.43. The predicted molar refractivity (Wildman–Crippen MR) is 172 cm³/mol. The van der Waals surface area contributed by atoms with Gasteiger partial charge in [-0.2, -0.15) is 0 Å². The van der Waals surface area contributed by atoms with Gasteiger partial charge in [0.1, 0.15) is 11.2 Å². The van der Waals surface area contributed by atoms with Gasteiger partial charge >= 0.3 is 7.12 Å². The Kier molecular flexibility index (Phi) is 5.60. The summed E-state index contributed by atoms with van der Waals surface area (Å²) in [6, 6.07) is 37.3. The van der Waals surface area contributed by atoms with E-state index in [0.717, 1.165) is 40.2 Å². The van der Waals surface area contributed by atoms with Gasteiger partial charge in [0.25, 0.3) is 0 Å². The molecule has 3 nitrogen and oxygen atoms in total. The summed E-state index contributed by atoms with van der Waals surface area (Å²) in [5.74, 6) is 0. The molecule has 0 spiro atoms. The zero-order chi connectivity index (χ0) is 28.6. The Bertz CT molecular complexity index is 2000. The summed E-state index contributed by atoms with van der Waals surface area (Å²) in [4.78, 5) is 0. The maximum atomic E-state index is 6.75. The maximum absolute atomic E-state index is 6.75. The third-order valence-electron chi connectivity index (χ3n) is 9.65. The van der Waals surface area contributed by atoms with Crippen molar-refractivity contribution < 1.29 is 13.7 Å². The Morgan fingerprint density at radius 1 is 0.548 bits per heavy atom. The Morgan fingerprint density at radius 3 is 1.74 bits per heavy atom. The highest BCUT2D eigenvalue weighted by Gasteiger charge is 2.51. The molecule has 42 heavy (non-hydrogen) atoms. The SMILES string of the molecule is CC1(C)OB(c2ccc3oc4c5c(ccc4c3c2)Cc2ccccc2-c2ccccc2Cc2ccccc2-5)OC1(C)C. The molecule has 0 saturated carbocycles. The molecule has 2 aliphatic rings. The van der Waals surface area contributed by atoms with Crippen LogP contribution in [-0.4, -0.2) is 18.3 Å². The highest BCUT2D eigenvalue weighted by molar-refractivity contribution is 6.62. The number of hydrogen-bond acceptors (Lipinski definition) is 3. The Morgan fingerprint density at radius 2 is 1.10 bits per heavy atom. The molecular weight excluding hydrogens is 515 g/mol. The lowest BCUT2D eigenvalue weighted by molar-refractivity contribution is 0.00578. The van der Waals surface area contributed by atoms with Gasteiger partial charge < -0.3 is 13.7 Å². The van der Waals surface area contributed by atoms with Crippen LogP contribution in [-0.2, 0) is 22.2 Å². The van der Waals surface area contributed by atoms with E-state index in [2.05, 4.69) is 131 Å². The van der Waals surface area contributed by atoms with E-state index in [4.69, 9.17) is 13.7 Å². The van der Waals surface area contributed by atoms with Crippen LogP contribution in [0.25, 0.3) is 44.2 Å². The van der Waals surface area contributed by atoms with Gasteiger partial charge in [0.2, 0.25) is 0 Å². The smallest absolute Gasteiger partial charge is 0.455 e. The molecule has 8 rings (SSSR count). The molecule has 206 valence electrons. The molecule has 4 heteroatoms. The van der Waals surface area contributed by atoms with Crippen LogP contribution in [0, 0.1) is 0 Å². The van der Waals surface area contributed by atoms with Gasteiger partial charge in [0.15, 0.2) is 0 Å². The van der Waals surface area contributed by atoms with Crippen LogP contribution in [0.2, 0.25) is 0 Å². The first-order valence-corrected chi connectivity index (χ1v) is 14.9. The second-order valence-corrected chi connectivity index (χ2v) is 12.7. The van der Waals surface area contributed by atoms with Gasteiger partial charge in [0.05, 0.1) is 11.2 Å². The van der Waals surface area contributed by atoms with Crippen molar-refractivity contribution in [1.82, 2.24) is 0 Å². The summed E-state index contributed by atoms with van der Waals surface area (Å²) < 4.78 is 19.5. The van der Waals surface area contributed by atoms with Crippen LogP contribution >= 0.6 is 0 Å². The standard InChI is InChI=1S/C38H33BO3/c1-37(2)38(3,4)42-39(41-37)28-18-20-34-33(23-28)32-19-17-27-22-25-12-6-9-15-30(25)29-14-8-5-11-24(29)21-26-13-7-10-16-31(26)35(27)36(32)40-34/h5-20,23H,21-22H2,1-4H3. The monoisotopic (exact) mass is 548 g/mol. The van der Waals surface area contributed by atoms with Gasteiger partial charge in [-0.3, -0.25) is 0 Å². The first-order chi connectivity index (χ1) is 20.3. The van der Waals surface area contributed by atoms with E-state index in [9.17, 15) is 0 Å². The summed E-state index contributed by atoms with van der Waals surface area (Å²) in [7, 11) is -0.418. The topological polar surface area (TPSA) is 31.6 Å². The van der Waals surface area contributed by atoms with E-state index in [0.29, 0.717) is 0 Å². The molecule has 5 aromatic carbocycles. The van der Waals surface area contributed by atoms with Crippen LogP contribution in [0.5, 0.6) is 0 Å². The van der Waals surface area contributed by atoms with E-state index in [1.807, 2.05) is 0 Å². The summed E-state index contributed by atoms with van der Waals surface area (Å²) in [5.41, 5.74) is 12.3. The van der Waals surface area contributed by atoms with Crippen LogP contribution < -0.4 is 5.46 Å². The number of rotatable bonds is 1. The van der Waals surface area contributed by atoms with Crippen molar-refractivity contribution in [1.29, 1.82) is 0 Å². The molecule has 0 atom stereocenters. The van der Waals surface area contributed by atoms with E-state index < -0.39 is 18.3 Å². The zero-order valence-corrected chi connectivity index (χ0v) is 24.5. The molecule has 1 aliphatic heterocycles. The Hall–Kier alpha value is -4.12. The number of furan rings is 1. The Balaban J connectivity index is 1.35. The molecule has 6 aromatic rings. The third-order valence-corrected chi connectivity index (χ3v) is 9.65. The Labute approximate surface area is 247 Å². The number of fused-ring (bicyclic) bond motifs is 10. The first kappa shape index (κ1) is 25.6. The summed E-state index contributed by atoms with van der Waals surface area (Å²) in [6.45, 7) is 8.37. The van der Waals surface area contributed by atoms with Crippen molar-refractivity contribution in [3.63, 3.8) is 0 Å². The molecule has 0 unspecified atom stereocenters. The average Bonchev–Trinajstić information content (AvgIpc) is 3.46. The van der Waals surface area contributed by atoms with Crippen molar-refractivity contribution in [2.75, 3.05) is 0 Å². The molecular formula is C38H33BO3. The molecule has 1 saturated heterocycles. The van der Waals surface area contributed by atoms with Crippen molar-refractivity contribution >= 4 is 34.5 Å². The fourth-order valence-corrected chi connectivity index (χ4v) is 6.67. The molecule has 0 bridgehead atoms. The summed E-state index contributed by atoms with van der Waals surface area (Å²) in [5, 5.41) is 2.20. The normalized spacial score (nSPS) is 17.0. The van der Waals surface area contributed by atoms with Gasteiger partial charge in [-0.15, -0.1) is 0 Å². The lowest BCUT2D eigenvalue weighted by atomic mass is 9.78. The molecule has 2 heterocycles. The van der Waals surface area contributed by atoms with E-state index >= 15 is 0 Å². The van der Waals surface area contributed by atoms with Gasteiger partial charge in [-0.05, 0) is 91.0 Å². The maximum Gasteiger partial charge on any atom is 0.494 e. The second-order valence-electron chi connectivity index (χ2n) is 12.7. The lowest BCUT2D eigenvalue weighted by Gasteiger charge is -2.32. The predicted octanol–water partition coefficient (Wildman–Crippen LogP) is 8.71.